The second kappa shape index (κ2) is 9.93. The van der Waals surface area contributed by atoms with E-state index in [1.54, 1.807) is 48.5 Å². The third-order valence-corrected chi connectivity index (χ3v) is 6.72. The minimum absolute atomic E-state index is 0.0343. The fraction of sp³-hybridized carbons (Fsp3) is 0.174. The molecule has 0 radical (unpaired) electrons. The lowest BCUT2D eigenvalue weighted by Crippen LogP contribution is -2.38. The summed E-state index contributed by atoms with van der Waals surface area (Å²) < 4.78 is 38.3. The van der Waals surface area contributed by atoms with Crippen LogP contribution in [0.2, 0.25) is 5.02 Å². The molecule has 0 saturated carbocycles. The second-order valence-corrected chi connectivity index (χ2v) is 9.21. The summed E-state index contributed by atoms with van der Waals surface area (Å²) >= 11 is 6.03. The molecule has 0 aliphatic carbocycles. The van der Waals surface area contributed by atoms with Gasteiger partial charge >= 0.3 is 0 Å². The first-order chi connectivity index (χ1) is 15.2. The minimum Gasteiger partial charge on any atom is -0.497 e. The lowest BCUT2D eigenvalue weighted by atomic mass is 10.2. The van der Waals surface area contributed by atoms with Gasteiger partial charge in [0.15, 0.2) is 0 Å². The van der Waals surface area contributed by atoms with E-state index in [4.69, 9.17) is 21.1 Å². The van der Waals surface area contributed by atoms with Crippen LogP contribution in [0.5, 0.6) is 11.5 Å². The summed E-state index contributed by atoms with van der Waals surface area (Å²) in [5, 5.41) is 3.09. The van der Waals surface area contributed by atoms with E-state index >= 15 is 0 Å². The third kappa shape index (κ3) is 5.33. The Kier molecular flexibility index (Phi) is 7.27. The van der Waals surface area contributed by atoms with Crippen LogP contribution < -0.4 is 19.1 Å². The zero-order valence-electron chi connectivity index (χ0n) is 17.8. The molecule has 0 aliphatic heterocycles. The lowest BCUT2D eigenvalue weighted by molar-refractivity contribution is -0.114. The van der Waals surface area contributed by atoms with E-state index in [1.807, 2.05) is 6.92 Å². The van der Waals surface area contributed by atoms with Crippen LogP contribution in [-0.4, -0.2) is 35.1 Å². The summed E-state index contributed by atoms with van der Waals surface area (Å²) in [5.74, 6) is 0.377. The number of carbonyl (C=O) groups excluding carboxylic acids is 1. The maximum Gasteiger partial charge on any atom is 0.264 e. The molecule has 7 nitrogen and oxygen atoms in total. The van der Waals surface area contributed by atoms with Crippen molar-refractivity contribution < 1.29 is 22.7 Å². The van der Waals surface area contributed by atoms with Crippen molar-refractivity contribution in [1.82, 2.24) is 0 Å². The van der Waals surface area contributed by atoms with Crippen LogP contribution in [0.4, 0.5) is 11.4 Å². The molecule has 1 amide bonds. The van der Waals surface area contributed by atoms with Crippen molar-refractivity contribution in [3.8, 4) is 11.5 Å². The van der Waals surface area contributed by atoms with Gasteiger partial charge in [-0.05, 0) is 61.5 Å². The Morgan fingerprint density at radius 1 is 0.969 bits per heavy atom. The van der Waals surface area contributed by atoms with Crippen LogP contribution in [-0.2, 0) is 14.8 Å². The molecule has 0 aliphatic rings. The van der Waals surface area contributed by atoms with Gasteiger partial charge in [-0.15, -0.1) is 0 Å². The lowest BCUT2D eigenvalue weighted by Gasteiger charge is -2.24. The van der Waals surface area contributed by atoms with Crippen molar-refractivity contribution in [2.45, 2.75) is 11.8 Å². The predicted octanol–water partition coefficient (Wildman–Crippen LogP) is 4.50. The topological polar surface area (TPSA) is 84.9 Å². The minimum atomic E-state index is -4.04. The number of carbonyl (C=O) groups is 1. The molecule has 0 spiro atoms. The van der Waals surface area contributed by atoms with Crippen molar-refractivity contribution in [2.24, 2.45) is 0 Å². The molecule has 0 unspecified atom stereocenters. The second-order valence-electron chi connectivity index (χ2n) is 6.92. The van der Waals surface area contributed by atoms with Gasteiger partial charge in [-0.2, -0.15) is 0 Å². The highest BCUT2D eigenvalue weighted by molar-refractivity contribution is 7.92. The Morgan fingerprint density at radius 3 is 2.22 bits per heavy atom. The average molecular weight is 475 g/mol. The van der Waals surface area contributed by atoms with E-state index in [0.717, 1.165) is 9.87 Å². The number of aryl methyl sites for hydroxylation is 1. The highest BCUT2D eigenvalue weighted by atomic mass is 35.5. The largest absolute Gasteiger partial charge is 0.497 e. The van der Waals surface area contributed by atoms with Gasteiger partial charge in [-0.1, -0.05) is 29.3 Å². The van der Waals surface area contributed by atoms with Crippen molar-refractivity contribution in [2.75, 3.05) is 30.4 Å². The predicted molar refractivity (Wildman–Crippen MR) is 125 cm³/mol. The molecule has 0 atom stereocenters. The van der Waals surface area contributed by atoms with Crippen molar-refractivity contribution >= 4 is 38.9 Å². The van der Waals surface area contributed by atoms with Crippen molar-refractivity contribution in [3.63, 3.8) is 0 Å². The van der Waals surface area contributed by atoms with Crippen molar-refractivity contribution in [3.05, 3.63) is 77.3 Å². The molecule has 3 rings (SSSR count). The van der Waals surface area contributed by atoms with Crippen LogP contribution in [0.25, 0.3) is 0 Å². The van der Waals surface area contributed by atoms with Gasteiger partial charge in [0.2, 0.25) is 5.91 Å². The number of methoxy groups -OCH3 is 2. The first-order valence-electron chi connectivity index (χ1n) is 9.61. The van der Waals surface area contributed by atoms with Gasteiger partial charge in [-0.3, -0.25) is 9.10 Å². The van der Waals surface area contributed by atoms with Crippen LogP contribution in [0.15, 0.2) is 71.6 Å². The highest BCUT2D eigenvalue weighted by Gasteiger charge is 2.27. The Labute approximate surface area is 192 Å². The SMILES string of the molecule is COc1ccc(S(=O)(=O)N(CC(=O)Nc2cc(Cl)ccc2OC)c2ccc(C)cc2)cc1. The maximum atomic E-state index is 13.4. The summed E-state index contributed by atoms with van der Waals surface area (Å²) in [7, 11) is -1.08. The normalized spacial score (nSPS) is 11.0. The van der Waals surface area contributed by atoms with Crippen LogP contribution >= 0.6 is 11.6 Å². The molecule has 168 valence electrons. The van der Waals surface area contributed by atoms with Gasteiger partial charge in [0.05, 0.1) is 30.5 Å². The molecule has 9 heteroatoms. The van der Waals surface area contributed by atoms with Crippen LogP contribution in [0, 0.1) is 6.92 Å². The number of sulfonamides is 1. The van der Waals surface area contributed by atoms with Gasteiger partial charge in [0.25, 0.3) is 10.0 Å². The number of ether oxygens (including phenoxy) is 2. The summed E-state index contributed by atoms with van der Waals surface area (Å²) in [6, 6.07) is 17.6. The summed E-state index contributed by atoms with van der Waals surface area (Å²) in [4.78, 5) is 12.9. The van der Waals surface area contributed by atoms with E-state index < -0.39 is 22.5 Å². The Bertz CT molecular complexity index is 1200. The molecule has 3 aromatic rings. The first kappa shape index (κ1) is 23.4. The molecule has 3 aromatic carbocycles. The summed E-state index contributed by atoms with van der Waals surface area (Å²) in [6.45, 7) is 1.44. The Morgan fingerprint density at radius 2 is 1.62 bits per heavy atom. The van der Waals surface area contributed by atoms with Gasteiger partial charge in [0, 0.05) is 5.02 Å². The highest BCUT2D eigenvalue weighted by Crippen LogP contribution is 2.29. The number of halogens is 1. The number of benzene rings is 3. The number of amides is 1. The molecule has 0 heterocycles. The number of hydrogen-bond acceptors (Lipinski definition) is 5. The fourth-order valence-corrected chi connectivity index (χ4v) is 4.59. The zero-order valence-corrected chi connectivity index (χ0v) is 19.4. The molecule has 32 heavy (non-hydrogen) atoms. The molecular weight excluding hydrogens is 452 g/mol. The molecule has 0 saturated heterocycles. The smallest absolute Gasteiger partial charge is 0.264 e. The van der Waals surface area contributed by atoms with E-state index in [9.17, 15) is 13.2 Å². The molecule has 1 N–H and O–H groups in total. The Balaban J connectivity index is 1.95. The number of nitrogens with one attached hydrogen (secondary N) is 1. The number of hydrogen-bond donors (Lipinski definition) is 1. The standard InChI is InChI=1S/C23H23ClN2O5S/c1-16-4-7-18(8-5-16)26(32(28,29)20-11-9-19(30-2)10-12-20)15-23(27)25-21-14-17(24)6-13-22(21)31-3/h4-14H,15H2,1-3H3,(H,25,27). The zero-order chi connectivity index (χ0) is 23.3. The molecule has 0 bridgehead atoms. The molecule has 0 aromatic heterocycles. The maximum absolute atomic E-state index is 13.4. The van der Waals surface area contributed by atoms with E-state index in [-0.39, 0.29) is 4.90 Å². The summed E-state index contributed by atoms with van der Waals surface area (Å²) in [5.41, 5.74) is 1.67. The summed E-state index contributed by atoms with van der Waals surface area (Å²) in [6.07, 6.45) is 0. The third-order valence-electron chi connectivity index (χ3n) is 4.69. The van der Waals surface area contributed by atoms with Crippen molar-refractivity contribution in [1.29, 1.82) is 0 Å². The first-order valence-corrected chi connectivity index (χ1v) is 11.4. The Hall–Kier alpha value is -3.23. The van der Waals surface area contributed by atoms with Crippen LogP contribution in [0.3, 0.4) is 0 Å². The fourth-order valence-electron chi connectivity index (χ4n) is 3.00. The number of rotatable bonds is 8. The van der Waals surface area contributed by atoms with Crippen LogP contribution in [0.1, 0.15) is 5.56 Å². The molecular formula is C23H23ClN2O5S. The van der Waals surface area contributed by atoms with Gasteiger partial charge in [0.1, 0.15) is 18.0 Å². The van der Waals surface area contributed by atoms with Gasteiger partial charge in [-0.25, -0.2) is 8.42 Å². The number of nitrogens with zero attached hydrogens (tertiary/aromatic N) is 1. The number of anilines is 2. The monoisotopic (exact) mass is 474 g/mol. The van der Waals surface area contributed by atoms with E-state index in [0.29, 0.717) is 27.9 Å². The molecule has 0 fully saturated rings. The van der Waals surface area contributed by atoms with Gasteiger partial charge < -0.3 is 14.8 Å². The average Bonchev–Trinajstić information content (AvgIpc) is 2.78. The van der Waals surface area contributed by atoms with E-state index in [1.165, 1.54) is 32.4 Å². The quantitative estimate of drug-likeness (QED) is 0.519. The van der Waals surface area contributed by atoms with E-state index in [2.05, 4.69) is 5.32 Å².